The molecule has 0 aliphatic rings. The Morgan fingerprint density at radius 2 is 0.952 bits per heavy atom. The van der Waals surface area contributed by atoms with Gasteiger partial charge in [-0.1, -0.05) is 121 Å². The predicted octanol–water partition coefficient (Wildman–Crippen LogP) is 11.6. The average molecular weight is 537 g/mol. The van der Waals surface area contributed by atoms with Gasteiger partial charge in [-0.2, -0.15) is 0 Å². The van der Waals surface area contributed by atoms with E-state index in [0.29, 0.717) is 0 Å². The number of rotatable bonds is 3. The monoisotopic (exact) mass is 536 g/mol. The van der Waals surface area contributed by atoms with Crippen molar-refractivity contribution >= 4 is 54.5 Å². The molecule has 2 aromatic heterocycles. The number of furan rings is 2. The van der Waals surface area contributed by atoms with Crippen LogP contribution in [0, 0.1) is 0 Å². The molecule has 9 aromatic rings. The summed E-state index contributed by atoms with van der Waals surface area (Å²) in [6, 6.07) is 49.6. The van der Waals surface area contributed by atoms with Gasteiger partial charge in [-0.3, -0.25) is 0 Å². The summed E-state index contributed by atoms with van der Waals surface area (Å²) in [6.07, 6.45) is 1.75. The van der Waals surface area contributed by atoms with E-state index in [4.69, 9.17) is 8.83 Å². The van der Waals surface area contributed by atoms with Gasteiger partial charge in [-0.25, -0.2) is 0 Å². The molecule has 0 radical (unpaired) electrons. The first-order valence-electron chi connectivity index (χ1n) is 14.3. The van der Waals surface area contributed by atoms with Gasteiger partial charge in [0.2, 0.25) is 0 Å². The minimum Gasteiger partial charge on any atom is -0.464 e. The fourth-order valence-electron chi connectivity index (χ4n) is 6.78. The van der Waals surface area contributed by atoms with Crippen molar-refractivity contribution in [3.8, 4) is 33.4 Å². The maximum absolute atomic E-state index is 6.65. The van der Waals surface area contributed by atoms with Crippen LogP contribution in [0.25, 0.3) is 87.8 Å². The third kappa shape index (κ3) is 3.27. The molecule has 0 fully saturated rings. The smallest absolute Gasteiger partial charge is 0.145 e. The van der Waals surface area contributed by atoms with Crippen molar-refractivity contribution in [1.29, 1.82) is 0 Å². The first kappa shape index (κ1) is 23.1. The molecular weight excluding hydrogens is 512 g/mol. The van der Waals surface area contributed by atoms with Gasteiger partial charge in [-0.05, 0) is 62.0 Å². The molecule has 0 unspecified atom stereocenters. The molecule has 0 aliphatic carbocycles. The molecule has 9 rings (SSSR count). The zero-order chi connectivity index (χ0) is 27.6. The minimum atomic E-state index is 0.835. The lowest BCUT2D eigenvalue weighted by molar-refractivity contribution is 0.618. The highest BCUT2D eigenvalue weighted by atomic mass is 16.3. The van der Waals surface area contributed by atoms with Crippen molar-refractivity contribution in [3.63, 3.8) is 0 Å². The van der Waals surface area contributed by atoms with Crippen LogP contribution in [0.3, 0.4) is 0 Å². The van der Waals surface area contributed by atoms with Gasteiger partial charge in [0.1, 0.15) is 16.7 Å². The average Bonchev–Trinajstić information content (AvgIpc) is 3.69. The Kier molecular flexibility index (Phi) is 4.93. The predicted molar refractivity (Wildman–Crippen MR) is 175 cm³/mol. The van der Waals surface area contributed by atoms with Crippen LogP contribution < -0.4 is 0 Å². The first-order valence-corrected chi connectivity index (χ1v) is 14.3. The Bertz CT molecular complexity index is 2400. The normalized spacial score (nSPS) is 11.8. The molecular formula is C40H24O2. The molecule has 42 heavy (non-hydrogen) atoms. The molecule has 0 aliphatic heterocycles. The number of benzene rings is 7. The molecule has 0 atom stereocenters. The highest BCUT2D eigenvalue weighted by Gasteiger charge is 2.22. The minimum absolute atomic E-state index is 0.835. The van der Waals surface area contributed by atoms with E-state index in [1.807, 2.05) is 6.07 Å². The lowest BCUT2D eigenvalue weighted by Gasteiger charge is -2.19. The Balaban J connectivity index is 1.42. The molecule has 0 amide bonds. The van der Waals surface area contributed by atoms with E-state index in [-0.39, 0.29) is 0 Å². The zero-order valence-electron chi connectivity index (χ0n) is 22.7. The molecule has 0 N–H and O–H groups in total. The largest absolute Gasteiger partial charge is 0.464 e. The van der Waals surface area contributed by atoms with Gasteiger partial charge in [0, 0.05) is 21.9 Å². The lowest BCUT2D eigenvalue weighted by Crippen LogP contribution is -1.92. The Labute approximate surface area is 242 Å². The Hall–Kier alpha value is -5.60. The summed E-state index contributed by atoms with van der Waals surface area (Å²) in [6.45, 7) is 0. The van der Waals surface area contributed by atoms with Gasteiger partial charge in [0.05, 0.1) is 11.6 Å². The second-order valence-electron chi connectivity index (χ2n) is 10.8. The van der Waals surface area contributed by atoms with E-state index in [9.17, 15) is 0 Å². The first-order chi connectivity index (χ1) is 20.9. The van der Waals surface area contributed by atoms with Crippen molar-refractivity contribution in [2.45, 2.75) is 0 Å². The van der Waals surface area contributed by atoms with Crippen LogP contribution in [-0.2, 0) is 0 Å². The zero-order valence-corrected chi connectivity index (χ0v) is 22.7. The quantitative estimate of drug-likeness (QED) is 0.210. The van der Waals surface area contributed by atoms with E-state index >= 15 is 0 Å². The van der Waals surface area contributed by atoms with E-state index in [1.54, 1.807) is 6.26 Å². The van der Waals surface area contributed by atoms with Crippen LogP contribution in [0.4, 0.5) is 0 Å². The third-order valence-electron chi connectivity index (χ3n) is 8.56. The number of hydrogen-bond donors (Lipinski definition) is 0. The Morgan fingerprint density at radius 3 is 1.67 bits per heavy atom. The summed E-state index contributed by atoms with van der Waals surface area (Å²) in [5.74, 6) is 0. The van der Waals surface area contributed by atoms with Crippen molar-refractivity contribution in [2.24, 2.45) is 0 Å². The van der Waals surface area contributed by atoms with E-state index in [1.165, 1.54) is 49.4 Å². The van der Waals surface area contributed by atoms with Gasteiger partial charge >= 0.3 is 0 Å². The number of fused-ring (bicyclic) bond motifs is 7. The summed E-state index contributed by atoms with van der Waals surface area (Å²) in [4.78, 5) is 0. The van der Waals surface area contributed by atoms with Crippen LogP contribution in [0.2, 0.25) is 0 Å². The van der Waals surface area contributed by atoms with Crippen LogP contribution in [-0.4, -0.2) is 0 Å². The van der Waals surface area contributed by atoms with E-state index in [0.717, 1.165) is 38.5 Å². The summed E-state index contributed by atoms with van der Waals surface area (Å²) in [5.41, 5.74) is 9.76. The fourth-order valence-corrected chi connectivity index (χ4v) is 6.78. The molecule has 2 heteroatoms. The van der Waals surface area contributed by atoms with Gasteiger partial charge in [0.25, 0.3) is 0 Å². The second kappa shape index (κ2) is 8.95. The molecule has 0 spiro atoms. The lowest BCUT2D eigenvalue weighted by atomic mass is 9.83. The van der Waals surface area contributed by atoms with Crippen molar-refractivity contribution in [3.05, 3.63) is 146 Å². The van der Waals surface area contributed by atoms with Crippen LogP contribution in [0.15, 0.2) is 155 Å². The molecule has 0 bridgehead atoms. The molecule has 0 saturated carbocycles. The highest BCUT2D eigenvalue weighted by molar-refractivity contribution is 6.26. The van der Waals surface area contributed by atoms with Crippen LogP contribution in [0.5, 0.6) is 0 Å². The van der Waals surface area contributed by atoms with Gasteiger partial charge < -0.3 is 8.83 Å². The number of hydrogen-bond acceptors (Lipinski definition) is 2. The van der Waals surface area contributed by atoms with E-state index in [2.05, 4.69) is 133 Å². The summed E-state index contributed by atoms with van der Waals surface area (Å²) >= 11 is 0. The van der Waals surface area contributed by atoms with E-state index < -0.39 is 0 Å². The molecule has 7 aromatic carbocycles. The van der Waals surface area contributed by atoms with Crippen molar-refractivity contribution in [2.75, 3.05) is 0 Å². The van der Waals surface area contributed by atoms with Crippen LogP contribution in [0.1, 0.15) is 0 Å². The van der Waals surface area contributed by atoms with Gasteiger partial charge in [0.15, 0.2) is 0 Å². The molecule has 2 nitrogen and oxygen atoms in total. The second-order valence-corrected chi connectivity index (χ2v) is 10.8. The SMILES string of the molecule is c1ccc(-c2ccccc2-c2c3ccccc3c(-c3cccc4c3oc3ccc5ccoc5c34)c3ccccc23)cc1. The topological polar surface area (TPSA) is 26.3 Å². The molecule has 0 saturated heterocycles. The van der Waals surface area contributed by atoms with Gasteiger partial charge in [-0.15, -0.1) is 0 Å². The van der Waals surface area contributed by atoms with Crippen LogP contribution >= 0.6 is 0 Å². The third-order valence-corrected chi connectivity index (χ3v) is 8.56. The standard InChI is InChI=1S/C40H24O2/c1-2-11-25(12-3-1)27-13-4-5-14-28(27)36-29-15-6-8-17-31(29)37(32-18-9-7-16-30(32)36)33-19-10-20-34-38-35(42-40(33)34)22-21-26-23-24-41-39(26)38/h1-24H. The van der Waals surface area contributed by atoms with Crippen molar-refractivity contribution in [1.82, 2.24) is 0 Å². The maximum Gasteiger partial charge on any atom is 0.145 e. The Morgan fingerprint density at radius 1 is 0.381 bits per heavy atom. The summed E-state index contributed by atoms with van der Waals surface area (Å²) < 4.78 is 12.6. The summed E-state index contributed by atoms with van der Waals surface area (Å²) in [5, 5.41) is 8.00. The highest BCUT2D eigenvalue weighted by Crippen LogP contribution is 2.48. The number of para-hydroxylation sites is 1. The maximum atomic E-state index is 6.65. The molecule has 196 valence electrons. The van der Waals surface area contributed by atoms with Crippen molar-refractivity contribution < 1.29 is 8.83 Å². The summed E-state index contributed by atoms with van der Waals surface area (Å²) in [7, 11) is 0. The fraction of sp³-hybridized carbons (Fsp3) is 0. The molecule has 2 heterocycles.